The van der Waals surface area contributed by atoms with Gasteiger partial charge in [0.25, 0.3) is 11.5 Å². The molecule has 2 aromatic heterocycles. The molecule has 0 unspecified atom stereocenters. The molecule has 0 spiro atoms. The summed E-state index contributed by atoms with van der Waals surface area (Å²) in [6.07, 6.45) is 1.61. The smallest absolute Gasteiger partial charge is 0.267 e. The Kier molecular flexibility index (Phi) is 4.63. The molecule has 4 rings (SSSR count). The number of hydrogen-bond acceptors (Lipinski definition) is 4. The molecule has 138 valence electrons. The summed E-state index contributed by atoms with van der Waals surface area (Å²) in [6, 6.07) is 17.2. The molecular formula is C21H15ClN4O2. The second-order valence-corrected chi connectivity index (χ2v) is 6.56. The highest BCUT2D eigenvalue weighted by atomic mass is 35.5. The molecule has 1 amide bonds. The largest absolute Gasteiger partial charge is 0.322 e. The summed E-state index contributed by atoms with van der Waals surface area (Å²) < 4.78 is 1.52. The number of nitrogens with zero attached hydrogens (tertiary/aromatic N) is 3. The fraction of sp³-hybridized carbons (Fsp3) is 0.0476. The molecule has 0 atom stereocenters. The van der Waals surface area contributed by atoms with Gasteiger partial charge in [0.2, 0.25) is 0 Å². The number of halogens is 1. The average molecular weight is 391 g/mol. The minimum absolute atomic E-state index is 0.191. The predicted octanol–water partition coefficient (Wildman–Crippen LogP) is 3.99. The number of fused-ring (bicyclic) bond motifs is 1. The Labute approximate surface area is 165 Å². The summed E-state index contributed by atoms with van der Waals surface area (Å²) in [5.41, 5.74) is 1.87. The number of rotatable bonds is 3. The lowest BCUT2D eigenvalue weighted by atomic mass is 10.2. The van der Waals surface area contributed by atoms with Crippen LogP contribution in [-0.4, -0.2) is 20.4 Å². The van der Waals surface area contributed by atoms with Crippen LogP contribution in [0.5, 0.6) is 0 Å². The normalized spacial score (nSPS) is 10.8. The van der Waals surface area contributed by atoms with E-state index >= 15 is 0 Å². The van der Waals surface area contributed by atoms with Crippen molar-refractivity contribution in [1.29, 1.82) is 0 Å². The van der Waals surface area contributed by atoms with Gasteiger partial charge in [-0.15, -0.1) is 0 Å². The number of carbonyl (C=O) groups is 1. The van der Waals surface area contributed by atoms with Gasteiger partial charge in [-0.2, -0.15) is 0 Å². The van der Waals surface area contributed by atoms with Gasteiger partial charge in [0, 0.05) is 11.9 Å². The molecular weight excluding hydrogens is 376 g/mol. The summed E-state index contributed by atoms with van der Waals surface area (Å²) in [5, 5.41) is 3.63. The van der Waals surface area contributed by atoms with Crippen molar-refractivity contribution in [3.05, 3.63) is 93.6 Å². The van der Waals surface area contributed by atoms with E-state index in [2.05, 4.69) is 15.3 Å². The zero-order valence-corrected chi connectivity index (χ0v) is 15.6. The summed E-state index contributed by atoms with van der Waals surface area (Å²) in [5.74, 6) is 0.231. The summed E-state index contributed by atoms with van der Waals surface area (Å²) >= 11 is 6.06. The molecule has 6 nitrogen and oxygen atoms in total. The first kappa shape index (κ1) is 17.9. The van der Waals surface area contributed by atoms with Crippen molar-refractivity contribution in [3.63, 3.8) is 0 Å². The van der Waals surface area contributed by atoms with Crippen LogP contribution < -0.4 is 10.9 Å². The molecule has 28 heavy (non-hydrogen) atoms. The summed E-state index contributed by atoms with van der Waals surface area (Å²) in [4.78, 5) is 33.7. The van der Waals surface area contributed by atoms with Crippen LogP contribution in [0, 0.1) is 6.92 Å². The molecule has 0 aliphatic carbocycles. The van der Waals surface area contributed by atoms with Crippen LogP contribution in [-0.2, 0) is 0 Å². The Bertz CT molecular complexity index is 1250. The van der Waals surface area contributed by atoms with E-state index in [0.717, 1.165) is 0 Å². The van der Waals surface area contributed by atoms with Gasteiger partial charge in [0.15, 0.2) is 5.65 Å². The van der Waals surface area contributed by atoms with Gasteiger partial charge in [-0.05, 0) is 55.5 Å². The van der Waals surface area contributed by atoms with Crippen molar-refractivity contribution in [2.45, 2.75) is 6.92 Å². The monoisotopic (exact) mass is 390 g/mol. The molecule has 0 aliphatic heterocycles. The second-order valence-electron chi connectivity index (χ2n) is 6.15. The Hall–Kier alpha value is -3.51. The van der Waals surface area contributed by atoms with Gasteiger partial charge in [-0.25, -0.2) is 9.97 Å². The van der Waals surface area contributed by atoms with Gasteiger partial charge in [0.1, 0.15) is 5.82 Å². The number of aryl methyl sites for hydroxylation is 1. The van der Waals surface area contributed by atoms with Crippen LogP contribution in [0.1, 0.15) is 16.2 Å². The molecule has 1 N–H and O–H groups in total. The van der Waals surface area contributed by atoms with Gasteiger partial charge in [0.05, 0.1) is 21.7 Å². The predicted molar refractivity (Wildman–Crippen MR) is 109 cm³/mol. The highest BCUT2D eigenvalue weighted by Gasteiger charge is 2.12. The van der Waals surface area contributed by atoms with Gasteiger partial charge < -0.3 is 5.32 Å². The van der Waals surface area contributed by atoms with E-state index in [4.69, 9.17) is 11.6 Å². The Balaban J connectivity index is 1.66. The van der Waals surface area contributed by atoms with E-state index in [1.165, 1.54) is 4.57 Å². The number of pyridine rings is 1. The van der Waals surface area contributed by atoms with Crippen molar-refractivity contribution >= 4 is 34.2 Å². The molecule has 0 radical (unpaired) electrons. The summed E-state index contributed by atoms with van der Waals surface area (Å²) in [6.45, 7) is 1.75. The third-order valence-electron chi connectivity index (χ3n) is 4.31. The molecule has 7 heteroatoms. The number of nitrogens with one attached hydrogen (secondary N) is 1. The SMILES string of the molecule is Cc1nc2ncccc2c(=O)n1-c1ccc(NC(=O)c2ccccc2Cl)cc1. The van der Waals surface area contributed by atoms with Crippen LogP contribution in [0.4, 0.5) is 5.69 Å². The minimum Gasteiger partial charge on any atom is -0.322 e. The van der Waals surface area contributed by atoms with Crippen LogP contribution in [0.2, 0.25) is 5.02 Å². The highest BCUT2D eigenvalue weighted by Crippen LogP contribution is 2.19. The average Bonchev–Trinajstić information content (AvgIpc) is 2.69. The molecule has 2 heterocycles. The fourth-order valence-electron chi connectivity index (χ4n) is 2.97. The van der Waals surface area contributed by atoms with Gasteiger partial charge in [-0.1, -0.05) is 23.7 Å². The molecule has 0 bridgehead atoms. The van der Waals surface area contributed by atoms with Crippen molar-refractivity contribution in [1.82, 2.24) is 14.5 Å². The molecule has 0 saturated heterocycles. The highest BCUT2D eigenvalue weighted by molar-refractivity contribution is 6.34. The summed E-state index contributed by atoms with van der Waals surface area (Å²) in [7, 11) is 0. The number of aromatic nitrogens is 3. The number of amides is 1. The van der Waals surface area contributed by atoms with E-state index < -0.39 is 0 Å². The van der Waals surface area contributed by atoms with E-state index in [9.17, 15) is 9.59 Å². The molecule has 4 aromatic rings. The molecule has 0 fully saturated rings. The number of carbonyl (C=O) groups excluding carboxylic acids is 1. The van der Waals surface area contributed by atoms with Gasteiger partial charge >= 0.3 is 0 Å². The number of hydrogen-bond donors (Lipinski definition) is 1. The third kappa shape index (κ3) is 3.25. The quantitative estimate of drug-likeness (QED) is 0.573. The first-order chi connectivity index (χ1) is 13.5. The van der Waals surface area contributed by atoms with Crippen LogP contribution in [0.15, 0.2) is 71.7 Å². The van der Waals surface area contributed by atoms with E-state index in [-0.39, 0.29) is 11.5 Å². The van der Waals surface area contributed by atoms with Crippen LogP contribution >= 0.6 is 11.6 Å². The molecule has 2 aromatic carbocycles. The molecule has 0 aliphatic rings. The van der Waals surface area contributed by atoms with Gasteiger partial charge in [-0.3, -0.25) is 14.2 Å². The Morgan fingerprint density at radius 1 is 1.04 bits per heavy atom. The van der Waals surface area contributed by atoms with Crippen molar-refractivity contribution < 1.29 is 4.79 Å². The topological polar surface area (TPSA) is 76.9 Å². The Morgan fingerprint density at radius 3 is 2.54 bits per heavy atom. The lowest BCUT2D eigenvalue weighted by Gasteiger charge is -2.12. The van der Waals surface area contributed by atoms with E-state index in [1.807, 2.05) is 0 Å². The lowest BCUT2D eigenvalue weighted by Crippen LogP contribution is -2.22. The first-order valence-electron chi connectivity index (χ1n) is 8.55. The van der Waals surface area contributed by atoms with E-state index in [0.29, 0.717) is 38.8 Å². The minimum atomic E-state index is -0.301. The van der Waals surface area contributed by atoms with Crippen molar-refractivity contribution in [2.75, 3.05) is 5.32 Å². The maximum atomic E-state index is 12.8. The van der Waals surface area contributed by atoms with Crippen LogP contribution in [0.3, 0.4) is 0 Å². The number of anilines is 1. The van der Waals surface area contributed by atoms with E-state index in [1.54, 1.807) is 73.8 Å². The standard InChI is InChI=1S/C21H15ClN4O2/c1-13-24-19-17(6-4-12-23-19)21(28)26(13)15-10-8-14(9-11-15)25-20(27)16-5-2-3-7-18(16)22/h2-12H,1H3,(H,25,27). The third-order valence-corrected chi connectivity index (χ3v) is 4.64. The number of benzene rings is 2. The maximum absolute atomic E-state index is 12.8. The second kappa shape index (κ2) is 7.25. The lowest BCUT2D eigenvalue weighted by molar-refractivity contribution is 0.102. The maximum Gasteiger partial charge on any atom is 0.267 e. The first-order valence-corrected chi connectivity index (χ1v) is 8.93. The van der Waals surface area contributed by atoms with Crippen molar-refractivity contribution in [2.24, 2.45) is 0 Å². The van der Waals surface area contributed by atoms with Crippen molar-refractivity contribution in [3.8, 4) is 5.69 Å². The Morgan fingerprint density at radius 2 is 1.79 bits per heavy atom. The molecule has 0 saturated carbocycles. The van der Waals surface area contributed by atoms with Crippen LogP contribution in [0.25, 0.3) is 16.7 Å². The zero-order valence-electron chi connectivity index (χ0n) is 14.9. The zero-order chi connectivity index (χ0) is 19.7. The fourth-order valence-corrected chi connectivity index (χ4v) is 3.19.